The summed E-state index contributed by atoms with van der Waals surface area (Å²) in [6, 6.07) is 9.14. The van der Waals surface area contributed by atoms with Crippen LogP contribution in [0, 0.1) is 5.92 Å². The summed E-state index contributed by atoms with van der Waals surface area (Å²) >= 11 is 0. The first-order valence-corrected chi connectivity index (χ1v) is 6.89. The number of rotatable bonds is 5. The lowest BCUT2D eigenvalue weighted by Crippen LogP contribution is -2.17. The fraction of sp³-hybridized carbons (Fsp3) is 0.500. The predicted octanol–water partition coefficient (Wildman–Crippen LogP) is 3.58. The lowest BCUT2D eigenvalue weighted by Gasteiger charge is -2.09. The molecular weight excluding hydrogens is 220 g/mol. The Morgan fingerprint density at radius 2 is 1.94 bits per heavy atom. The highest BCUT2D eigenvalue weighted by atomic mass is 14.9. The molecule has 2 nitrogen and oxygen atoms in total. The van der Waals surface area contributed by atoms with Gasteiger partial charge in [0.25, 0.3) is 0 Å². The Balaban J connectivity index is 2.20. The quantitative estimate of drug-likeness (QED) is 0.856. The van der Waals surface area contributed by atoms with Crippen molar-refractivity contribution in [1.82, 2.24) is 4.57 Å². The second kappa shape index (κ2) is 5.57. The van der Waals surface area contributed by atoms with E-state index in [1.54, 1.807) is 0 Å². The molecule has 1 heterocycles. The van der Waals surface area contributed by atoms with Gasteiger partial charge < -0.3 is 10.3 Å². The number of nitrogens with zero attached hydrogens (tertiary/aromatic N) is 1. The molecule has 0 saturated heterocycles. The Labute approximate surface area is 110 Å². The highest BCUT2D eigenvalue weighted by molar-refractivity contribution is 5.80. The van der Waals surface area contributed by atoms with Crippen molar-refractivity contribution in [2.75, 3.05) is 0 Å². The van der Waals surface area contributed by atoms with Gasteiger partial charge in [0, 0.05) is 24.3 Å². The molecule has 0 fully saturated rings. The van der Waals surface area contributed by atoms with Crippen LogP contribution < -0.4 is 5.73 Å². The van der Waals surface area contributed by atoms with Gasteiger partial charge in [0.05, 0.1) is 0 Å². The number of nitrogens with two attached hydrogens (primary N) is 1. The SMILES string of the molecule is CC(C)CCn1ccc2cc(CC(C)N)ccc21. The molecule has 1 aromatic carbocycles. The van der Waals surface area contributed by atoms with Crippen LogP contribution in [0.2, 0.25) is 0 Å². The second-order valence-corrected chi connectivity index (χ2v) is 5.77. The topological polar surface area (TPSA) is 30.9 Å². The van der Waals surface area contributed by atoms with E-state index in [-0.39, 0.29) is 6.04 Å². The number of hydrogen-bond acceptors (Lipinski definition) is 1. The van der Waals surface area contributed by atoms with Gasteiger partial charge in [0.1, 0.15) is 0 Å². The third-order valence-electron chi connectivity index (χ3n) is 3.34. The molecule has 2 aromatic rings. The fourth-order valence-electron chi connectivity index (χ4n) is 2.34. The molecule has 0 amide bonds. The first-order chi connectivity index (χ1) is 8.56. The van der Waals surface area contributed by atoms with Gasteiger partial charge in [0.2, 0.25) is 0 Å². The van der Waals surface area contributed by atoms with Gasteiger partial charge in [-0.2, -0.15) is 0 Å². The molecule has 0 bridgehead atoms. The van der Waals surface area contributed by atoms with E-state index in [0.717, 1.165) is 18.9 Å². The van der Waals surface area contributed by atoms with Crippen LogP contribution in [0.15, 0.2) is 30.5 Å². The third kappa shape index (κ3) is 3.14. The number of aromatic nitrogens is 1. The fourth-order valence-corrected chi connectivity index (χ4v) is 2.34. The van der Waals surface area contributed by atoms with Crippen LogP contribution in [-0.4, -0.2) is 10.6 Å². The van der Waals surface area contributed by atoms with Crippen LogP contribution in [0.3, 0.4) is 0 Å². The maximum atomic E-state index is 5.85. The number of hydrogen-bond donors (Lipinski definition) is 1. The minimum absolute atomic E-state index is 0.227. The number of aryl methyl sites for hydroxylation is 1. The van der Waals surface area contributed by atoms with Crippen molar-refractivity contribution in [3.63, 3.8) is 0 Å². The lowest BCUT2D eigenvalue weighted by atomic mass is 10.1. The summed E-state index contributed by atoms with van der Waals surface area (Å²) in [5.41, 5.74) is 8.52. The molecular formula is C16H24N2. The summed E-state index contributed by atoms with van der Waals surface area (Å²) in [6.45, 7) is 7.70. The van der Waals surface area contributed by atoms with Crippen LogP contribution in [-0.2, 0) is 13.0 Å². The van der Waals surface area contributed by atoms with Crippen molar-refractivity contribution >= 4 is 10.9 Å². The number of fused-ring (bicyclic) bond motifs is 1. The van der Waals surface area contributed by atoms with Crippen molar-refractivity contribution in [1.29, 1.82) is 0 Å². The molecule has 1 unspecified atom stereocenters. The maximum Gasteiger partial charge on any atom is 0.0480 e. The van der Waals surface area contributed by atoms with E-state index in [9.17, 15) is 0 Å². The summed E-state index contributed by atoms with van der Waals surface area (Å²) in [6.07, 6.45) is 4.38. The number of benzene rings is 1. The third-order valence-corrected chi connectivity index (χ3v) is 3.34. The van der Waals surface area contributed by atoms with Crippen molar-refractivity contribution < 1.29 is 0 Å². The summed E-state index contributed by atoms with van der Waals surface area (Å²) in [4.78, 5) is 0. The van der Waals surface area contributed by atoms with Crippen molar-refractivity contribution in [2.24, 2.45) is 11.7 Å². The van der Waals surface area contributed by atoms with E-state index in [1.165, 1.54) is 22.9 Å². The minimum atomic E-state index is 0.227. The molecule has 0 saturated carbocycles. The highest BCUT2D eigenvalue weighted by Crippen LogP contribution is 2.19. The zero-order valence-electron chi connectivity index (χ0n) is 11.7. The van der Waals surface area contributed by atoms with Crippen LogP contribution in [0.4, 0.5) is 0 Å². The van der Waals surface area contributed by atoms with E-state index in [1.807, 2.05) is 0 Å². The summed E-state index contributed by atoms with van der Waals surface area (Å²) in [5, 5.41) is 1.33. The molecule has 18 heavy (non-hydrogen) atoms. The first kappa shape index (κ1) is 13.2. The smallest absolute Gasteiger partial charge is 0.0480 e. The summed E-state index contributed by atoms with van der Waals surface area (Å²) < 4.78 is 2.35. The van der Waals surface area contributed by atoms with Gasteiger partial charge in [-0.15, -0.1) is 0 Å². The van der Waals surface area contributed by atoms with Crippen LogP contribution in [0.5, 0.6) is 0 Å². The van der Waals surface area contributed by atoms with Gasteiger partial charge in [-0.3, -0.25) is 0 Å². The molecule has 0 aliphatic heterocycles. The molecule has 2 heteroatoms. The molecule has 0 aliphatic rings. The average Bonchev–Trinajstić information content (AvgIpc) is 2.68. The lowest BCUT2D eigenvalue weighted by molar-refractivity contribution is 0.524. The monoisotopic (exact) mass is 244 g/mol. The molecule has 0 spiro atoms. The zero-order valence-corrected chi connectivity index (χ0v) is 11.7. The van der Waals surface area contributed by atoms with Gasteiger partial charge in [0.15, 0.2) is 0 Å². The Morgan fingerprint density at radius 1 is 1.17 bits per heavy atom. The molecule has 1 atom stereocenters. The van der Waals surface area contributed by atoms with Crippen LogP contribution >= 0.6 is 0 Å². The molecule has 98 valence electrons. The van der Waals surface area contributed by atoms with Gasteiger partial charge in [-0.25, -0.2) is 0 Å². The van der Waals surface area contributed by atoms with E-state index in [0.29, 0.717) is 0 Å². The minimum Gasteiger partial charge on any atom is -0.347 e. The Morgan fingerprint density at radius 3 is 2.61 bits per heavy atom. The van der Waals surface area contributed by atoms with Crippen molar-refractivity contribution in [3.8, 4) is 0 Å². The second-order valence-electron chi connectivity index (χ2n) is 5.77. The molecule has 2 N–H and O–H groups in total. The molecule has 2 rings (SSSR count). The Kier molecular flexibility index (Phi) is 4.07. The van der Waals surface area contributed by atoms with Gasteiger partial charge in [-0.1, -0.05) is 19.9 Å². The van der Waals surface area contributed by atoms with E-state index < -0.39 is 0 Å². The standard InChI is InChI=1S/C16H24N2/c1-12(2)6-8-18-9-7-15-11-14(10-13(3)17)4-5-16(15)18/h4-5,7,9,11-13H,6,8,10,17H2,1-3H3. The molecule has 0 aliphatic carbocycles. The van der Waals surface area contributed by atoms with E-state index >= 15 is 0 Å². The van der Waals surface area contributed by atoms with Crippen molar-refractivity contribution in [3.05, 3.63) is 36.0 Å². The summed E-state index contributed by atoms with van der Waals surface area (Å²) in [5.74, 6) is 0.750. The summed E-state index contributed by atoms with van der Waals surface area (Å²) in [7, 11) is 0. The zero-order chi connectivity index (χ0) is 13.1. The molecule has 0 radical (unpaired) electrons. The van der Waals surface area contributed by atoms with Gasteiger partial charge >= 0.3 is 0 Å². The molecule has 1 aromatic heterocycles. The predicted molar refractivity (Wildman–Crippen MR) is 78.7 cm³/mol. The Hall–Kier alpha value is -1.28. The largest absolute Gasteiger partial charge is 0.347 e. The van der Waals surface area contributed by atoms with Crippen molar-refractivity contribution in [2.45, 2.75) is 46.2 Å². The van der Waals surface area contributed by atoms with E-state index in [4.69, 9.17) is 5.73 Å². The van der Waals surface area contributed by atoms with E-state index in [2.05, 4.69) is 55.8 Å². The van der Waals surface area contributed by atoms with Crippen LogP contribution in [0.1, 0.15) is 32.8 Å². The Bertz CT molecular complexity index is 509. The maximum absolute atomic E-state index is 5.85. The van der Waals surface area contributed by atoms with Gasteiger partial charge in [-0.05, 0) is 54.8 Å². The normalized spacial score (nSPS) is 13.4. The van der Waals surface area contributed by atoms with Crippen LogP contribution in [0.25, 0.3) is 10.9 Å². The average molecular weight is 244 g/mol. The highest BCUT2D eigenvalue weighted by Gasteiger charge is 2.04. The first-order valence-electron chi connectivity index (χ1n) is 6.89.